The van der Waals surface area contributed by atoms with Crippen molar-refractivity contribution in [2.75, 3.05) is 0 Å². The lowest BCUT2D eigenvalue weighted by molar-refractivity contribution is -0.145. The smallest absolute Gasteiger partial charge is 0.328 e. The maximum atomic E-state index is 12.1. The third-order valence-corrected chi connectivity index (χ3v) is 2.88. The fraction of sp³-hybridized carbons (Fsp3) is 0.385. The Hall–Kier alpha value is -1.92. The fourth-order valence-corrected chi connectivity index (χ4v) is 1.60. The van der Waals surface area contributed by atoms with Crippen LogP contribution in [0.25, 0.3) is 0 Å². The predicted octanol–water partition coefficient (Wildman–Crippen LogP) is -0.189. The molecular formula is C13H18N2O4. The van der Waals surface area contributed by atoms with Gasteiger partial charge in [-0.15, -0.1) is 0 Å². The van der Waals surface area contributed by atoms with E-state index in [1.807, 2.05) is 0 Å². The first-order valence-electron chi connectivity index (χ1n) is 5.83. The highest BCUT2D eigenvalue weighted by molar-refractivity contribution is 5.90. The van der Waals surface area contributed by atoms with E-state index in [1.54, 1.807) is 30.3 Å². The summed E-state index contributed by atoms with van der Waals surface area (Å²) >= 11 is 0. The van der Waals surface area contributed by atoms with Gasteiger partial charge in [0.15, 0.2) is 6.04 Å². The van der Waals surface area contributed by atoms with Crippen molar-refractivity contribution in [2.24, 2.45) is 5.73 Å². The van der Waals surface area contributed by atoms with Crippen LogP contribution in [0, 0.1) is 0 Å². The lowest BCUT2D eigenvalue weighted by Gasteiger charge is -2.27. The molecule has 1 aromatic rings. The molecule has 0 saturated carbocycles. The second-order valence-electron chi connectivity index (χ2n) is 4.60. The largest absolute Gasteiger partial charge is 0.480 e. The summed E-state index contributed by atoms with van der Waals surface area (Å²) < 4.78 is 0. The maximum Gasteiger partial charge on any atom is 0.328 e. The Bertz CT molecular complexity index is 457. The second kappa shape index (κ2) is 5.81. The van der Waals surface area contributed by atoms with Gasteiger partial charge in [0.2, 0.25) is 5.91 Å². The Labute approximate surface area is 111 Å². The van der Waals surface area contributed by atoms with Crippen LogP contribution in [0.15, 0.2) is 30.3 Å². The van der Waals surface area contributed by atoms with E-state index in [0.717, 1.165) is 0 Å². The van der Waals surface area contributed by atoms with E-state index < -0.39 is 29.6 Å². The van der Waals surface area contributed by atoms with Crippen LogP contribution in [0.5, 0.6) is 0 Å². The number of carboxylic acids is 1. The number of aliphatic carboxylic acids is 1. The summed E-state index contributed by atoms with van der Waals surface area (Å²) in [6.07, 6.45) is -1.21. The van der Waals surface area contributed by atoms with E-state index in [2.05, 4.69) is 5.32 Å². The van der Waals surface area contributed by atoms with Crippen LogP contribution in [0.3, 0.4) is 0 Å². The molecule has 3 atom stereocenters. The predicted molar refractivity (Wildman–Crippen MR) is 69.2 cm³/mol. The van der Waals surface area contributed by atoms with Crippen LogP contribution in [-0.2, 0) is 15.1 Å². The van der Waals surface area contributed by atoms with Gasteiger partial charge in [0.25, 0.3) is 0 Å². The van der Waals surface area contributed by atoms with E-state index in [0.29, 0.717) is 5.56 Å². The zero-order chi connectivity index (χ0) is 14.6. The van der Waals surface area contributed by atoms with Gasteiger partial charge in [-0.2, -0.15) is 0 Å². The summed E-state index contributed by atoms with van der Waals surface area (Å²) in [5.41, 5.74) is 5.13. The van der Waals surface area contributed by atoms with Crippen LogP contribution >= 0.6 is 0 Å². The average molecular weight is 266 g/mol. The summed E-state index contributed by atoms with van der Waals surface area (Å²) in [6.45, 7) is 2.77. The van der Waals surface area contributed by atoms with Gasteiger partial charge >= 0.3 is 5.97 Å². The number of carbonyl (C=O) groups is 2. The molecule has 0 aliphatic heterocycles. The number of nitrogens with two attached hydrogens (primary N) is 1. The number of carboxylic acid groups (broad SMARTS) is 1. The zero-order valence-corrected chi connectivity index (χ0v) is 10.8. The summed E-state index contributed by atoms with van der Waals surface area (Å²) in [5.74, 6) is -1.97. The van der Waals surface area contributed by atoms with E-state index in [9.17, 15) is 14.7 Å². The van der Waals surface area contributed by atoms with Crippen LogP contribution in [0.4, 0.5) is 0 Å². The third kappa shape index (κ3) is 3.52. The number of carbonyl (C=O) groups excluding carboxylic acids is 1. The number of aliphatic hydroxyl groups excluding tert-OH is 1. The second-order valence-corrected chi connectivity index (χ2v) is 4.60. The lowest BCUT2D eigenvalue weighted by Crippen LogP contribution is -2.56. The molecule has 6 heteroatoms. The average Bonchev–Trinajstić information content (AvgIpc) is 2.35. The van der Waals surface area contributed by atoms with Gasteiger partial charge in [-0.25, -0.2) is 4.79 Å². The Balaban J connectivity index is 2.91. The number of rotatable bonds is 5. The topological polar surface area (TPSA) is 113 Å². The fourth-order valence-electron chi connectivity index (χ4n) is 1.60. The molecule has 0 aliphatic rings. The number of amides is 1. The molecule has 0 heterocycles. The summed E-state index contributed by atoms with van der Waals surface area (Å²) in [5, 5.41) is 20.5. The molecule has 0 bridgehead atoms. The van der Waals surface area contributed by atoms with Gasteiger partial charge < -0.3 is 21.3 Å². The van der Waals surface area contributed by atoms with Gasteiger partial charge in [-0.1, -0.05) is 30.3 Å². The summed E-state index contributed by atoms with van der Waals surface area (Å²) in [6, 6.07) is 7.22. The Morgan fingerprint density at radius 1 is 1.32 bits per heavy atom. The van der Waals surface area contributed by atoms with E-state index in [4.69, 9.17) is 10.8 Å². The minimum atomic E-state index is -1.39. The van der Waals surface area contributed by atoms with Crippen molar-refractivity contribution < 1.29 is 19.8 Å². The van der Waals surface area contributed by atoms with Crippen molar-refractivity contribution in [1.29, 1.82) is 0 Å². The van der Waals surface area contributed by atoms with E-state index in [-0.39, 0.29) is 0 Å². The van der Waals surface area contributed by atoms with Crippen LogP contribution in [-0.4, -0.2) is 34.2 Å². The Kier molecular flexibility index (Phi) is 4.63. The first kappa shape index (κ1) is 15.1. The molecule has 104 valence electrons. The molecule has 0 spiro atoms. The molecule has 0 aliphatic carbocycles. The lowest BCUT2D eigenvalue weighted by atomic mass is 9.92. The monoisotopic (exact) mass is 266 g/mol. The van der Waals surface area contributed by atoms with Gasteiger partial charge in [0.05, 0.1) is 6.10 Å². The molecule has 3 unspecified atom stereocenters. The highest BCUT2D eigenvalue weighted by Crippen LogP contribution is 2.17. The van der Waals surface area contributed by atoms with Crippen LogP contribution in [0.1, 0.15) is 19.4 Å². The molecular weight excluding hydrogens is 248 g/mol. The molecule has 0 aromatic heterocycles. The number of aliphatic hydroxyl groups is 1. The molecule has 1 aromatic carbocycles. The third-order valence-electron chi connectivity index (χ3n) is 2.88. The first-order valence-corrected chi connectivity index (χ1v) is 5.83. The molecule has 0 fully saturated rings. The molecule has 0 radical (unpaired) electrons. The summed E-state index contributed by atoms with van der Waals surface area (Å²) in [4.78, 5) is 23.0. The van der Waals surface area contributed by atoms with Crippen molar-refractivity contribution in [3.8, 4) is 0 Å². The standard InChI is InChI=1S/C13H18N2O4/c1-8(16)10(11(17)18)15-12(19)13(2,14)9-6-4-3-5-7-9/h3-8,10,16H,14H2,1-2H3,(H,15,19)(H,17,18). The minimum absolute atomic E-state index is 0.558. The van der Waals surface area contributed by atoms with Gasteiger partial charge in [-0.3, -0.25) is 4.79 Å². The molecule has 19 heavy (non-hydrogen) atoms. The Morgan fingerprint density at radius 2 is 1.84 bits per heavy atom. The van der Waals surface area contributed by atoms with Crippen molar-refractivity contribution in [3.05, 3.63) is 35.9 Å². The Morgan fingerprint density at radius 3 is 2.26 bits per heavy atom. The van der Waals surface area contributed by atoms with Gasteiger partial charge in [-0.05, 0) is 19.4 Å². The van der Waals surface area contributed by atoms with Crippen molar-refractivity contribution in [2.45, 2.75) is 31.5 Å². The molecule has 0 saturated heterocycles. The van der Waals surface area contributed by atoms with E-state index >= 15 is 0 Å². The molecule has 5 N–H and O–H groups in total. The molecule has 6 nitrogen and oxygen atoms in total. The minimum Gasteiger partial charge on any atom is -0.480 e. The van der Waals surface area contributed by atoms with Crippen molar-refractivity contribution in [3.63, 3.8) is 0 Å². The van der Waals surface area contributed by atoms with Gasteiger partial charge in [0, 0.05) is 0 Å². The normalized spacial score (nSPS) is 17.1. The van der Waals surface area contributed by atoms with Crippen molar-refractivity contribution in [1.82, 2.24) is 5.32 Å². The number of hydrogen-bond acceptors (Lipinski definition) is 4. The quantitative estimate of drug-likeness (QED) is 0.590. The molecule has 1 rings (SSSR count). The SMILES string of the molecule is CC(O)C(NC(=O)C(C)(N)c1ccccc1)C(=O)O. The van der Waals surface area contributed by atoms with Crippen LogP contribution in [0.2, 0.25) is 0 Å². The highest BCUT2D eigenvalue weighted by Gasteiger charge is 2.34. The summed E-state index contributed by atoms with van der Waals surface area (Å²) in [7, 11) is 0. The highest BCUT2D eigenvalue weighted by atomic mass is 16.4. The molecule has 1 amide bonds. The maximum absolute atomic E-state index is 12.1. The van der Waals surface area contributed by atoms with E-state index in [1.165, 1.54) is 13.8 Å². The number of nitrogens with one attached hydrogen (secondary N) is 1. The first-order chi connectivity index (χ1) is 8.76. The van der Waals surface area contributed by atoms with Crippen LogP contribution < -0.4 is 11.1 Å². The number of hydrogen-bond donors (Lipinski definition) is 4. The van der Waals surface area contributed by atoms with Gasteiger partial charge in [0.1, 0.15) is 5.54 Å². The van der Waals surface area contributed by atoms with Crippen molar-refractivity contribution >= 4 is 11.9 Å². The number of benzene rings is 1. The zero-order valence-electron chi connectivity index (χ0n) is 10.8.